The van der Waals surface area contributed by atoms with Crippen LogP contribution >= 0.6 is 12.0 Å². The molecule has 0 spiro atoms. The molecular weight excluding hydrogens is 516 g/mol. The average molecular weight is 552 g/mol. The fraction of sp³-hybridized carbons (Fsp3) is 0.265. The molecule has 6 rings (SSSR count). The van der Waals surface area contributed by atoms with Gasteiger partial charge in [0.1, 0.15) is 0 Å². The number of ether oxygens (including phenoxy) is 1. The molecule has 0 aliphatic carbocycles. The van der Waals surface area contributed by atoms with E-state index in [2.05, 4.69) is 108 Å². The summed E-state index contributed by atoms with van der Waals surface area (Å²) in [6, 6.07) is 25.5. The summed E-state index contributed by atoms with van der Waals surface area (Å²) in [6.07, 6.45) is 6.96. The first-order valence-corrected chi connectivity index (χ1v) is 15.0. The number of benzene rings is 4. The Morgan fingerprint density at radius 3 is 2.33 bits per heavy atom. The van der Waals surface area contributed by atoms with E-state index in [4.69, 9.17) is 9.15 Å². The van der Waals surface area contributed by atoms with Gasteiger partial charge in [-0.1, -0.05) is 69.3 Å². The second-order valence-electron chi connectivity index (χ2n) is 10.4. The Labute approximate surface area is 239 Å². The molecule has 0 fully saturated rings. The van der Waals surface area contributed by atoms with Crippen molar-refractivity contribution < 1.29 is 18.3 Å². The Morgan fingerprint density at radius 2 is 1.65 bits per heavy atom. The van der Waals surface area contributed by atoms with Crippen molar-refractivity contribution >= 4 is 56.5 Å². The number of aromatic nitrogens is 1. The molecule has 0 saturated carbocycles. The Hall–Kier alpha value is -3.74. The normalized spacial score (nSPS) is 15.3. The van der Waals surface area contributed by atoms with Crippen molar-refractivity contribution in [1.82, 2.24) is 0 Å². The Kier molecular flexibility index (Phi) is 7.55. The van der Waals surface area contributed by atoms with Crippen LogP contribution in [-0.2, 0) is 6.54 Å². The second-order valence-corrected chi connectivity index (χ2v) is 11.5. The highest BCUT2D eigenvalue weighted by atomic mass is 32.2. The van der Waals surface area contributed by atoms with E-state index in [1.807, 2.05) is 6.92 Å². The highest BCUT2D eigenvalue weighted by molar-refractivity contribution is 7.94. The largest absolute Gasteiger partial charge is 0.439 e. The third-order valence-electron chi connectivity index (χ3n) is 7.61. The maximum Gasteiger partial charge on any atom is 0.374 e. The summed E-state index contributed by atoms with van der Waals surface area (Å²) >= 11 is 0.909. The lowest BCUT2D eigenvalue weighted by molar-refractivity contribution is -0.678. The Balaban J connectivity index is 1.42. The van der Waals surface area contributed by atoms with Gasteiger partial charge < -0.3 is 18.6 Å². The molecule has 1 aromatic heterocycles. The Morgan fingerprint density at radius 1 is 0.975 bits per heavy atom. The highest BCUT2D eigenvalue weighted by Gasteiger charge is 2.28. The van der Waals surface area contributed by atoms with Gasteiger partial charge in [-0.3, -0.25) is 0 Å². The van der Waals surface area contributed by atoms with E-state index in [0.29, 0.717) is 0 Å². The lowest BCUT2D eigenvalue weighted by atomic mass is 10.1. The smallest absolute Gasteiger partial charge is 0.374 e. The first-order valence-electron chi connectivity index (χ1n) is 14.1. The molecule has 0 bridgehead atoms. The molecule has 0 amide bonds. The quantitative estimate of drug-likeness (QED) is 0.146. The van der Waals surface area contributed by atoms with Crippen LogP contribution < -0.4 is 14.2 Å². The minimum atomic E-state index is 0.131. The lowest BCUT2D eigenvalue weighted by Crippen LogP contribution is -2.35. The van der Waals surface area contributed by atoms with Crippen molar-refractivity contribution in [1.29, 1.82) is 0 Å². The SMILES string of the molecule is CCC[n+]1c(C=C(C=C2Oc3cc4ccccc4cc3N2CCC(C)SO)CC)oc2cc3ccccc3cc21. The number of hydrogen-bond donors (Lipinski definition) is 1. The van der Waals surface area contributed by atoms with Gasteiger partial charge in [0.15, 0.2) is 12.3 Å². The van der Waals surface area contributed by atoms with Crippen molar-refractivity contribution in [2.24, 2.45) is 0 Å². The van der Waals surface area contributed by atoms with E-state index in [9.17, 15) is 4.55 Å². The maximum atomic E-state index is 9.58. The van der Waals surface area contributed by atoms with E-state index in [1.165, 1.54) is 16.2 Å². The van der Waals surface area contributed by atoms with Crippen molar-refractivity contribution in [2.45, 2.75) is 51.8 Å². The molecule has 204 valence electrons. The van der Waals surface area contributed by atoms with Gasteiger partial charge in [-0.25, -0.2) is 0 Å². The van der Waals surface area contributed by atoms with Crippen molar-refractivity contribution in [3.8, 4) is 5.75 Å². The topological polar surface area (TPSA) is 49.7 Å². The fourth-order valence-corrected chi connectivity index (χ4v) is 5.61. The van der Waals surface area contributed by atoms with E-state index >= 15 is 0 Å². The van der Waals surface area contributed by atoms with Crippen LogP contribution in [0.2, 0.25) is 0 Å². The molecule has 2 heterocycles. The van der Waals surface area contributed by atoms with Gasteiger partial charge in [0.05, 0.1) is 11.8 Å². The van der Waals surface area contributed by atoms with E-state index < -0.39 is 0 Å². The molecule has 4 aromatic carbocycles. The minimum Gasteiger partial charge on any atom is -0.439 e. The van der Waals surface area contributed by atoms with E-state index in [1.54, 1.807) is 0 Å². The number of oxazole rings is 1. The van der Waals surface area contributed by atoms with Crippen LogP contribution in [0.25, 0.3) is 38.7 Å². The fourth-order valence-electron chi connectivity index (χ4n) is 5.40. The minimum absolute atomic E-state index is 0.131. The third-order valence-corrected chi connectivity index (χ3v) is 8.21. The molecule has 5 nitrogen and oxygen atoms in total. The molecule has 1 atom stereocenters. The van der Waals surface area contributed by atoms with Gasteiger partial charge in [-0.05, 0) is 70.2 Å². The first kappa shape index (κ1) is 26.5. The van der Waals surface area contributed by atoms with Crippen molar-refractivity contribution in [3.63, 3.8) is 0 Å². The zero-order valence-corrected chi connectivity index (χ0v) is 24.1. The van der Waals surface area contributed by atoms with Crippen LogP contribution in [0.15, 0.2) is 94.7 Å². The number of nitrogens with zero attached hydrogens (tertiary/aromatic N) is 2. The number of allylic oxidation sites excluding steroid dienone is 2. The standard InChI is InChI=1S/C34H34N2O3S/c1-4-15-35-29-19-25-10-6-8-12-27(25)21-31(29)38-33(35)17-24(5-2)18-34-36(16-14-23(3)40-37)30-20-26-11-7-9-13-28(26)22-32(30)39-34/h6-13,17-23H,4-5,14-16H2,1-3H3/p+1. The molecule has 0 radical (unpaired) electrons. The molecule has 40 heavy (non-hydrogen) atoms. The second kappa shape index (κ2) is 11.4. The van der Waals surface area contributed by atoms with Gasteiger partial charge in [0.25, 0.3) is 5.52 Å². The number of anilines is 1. The molecular formula is C34H35N2O3S+. The predicted molar refractivity (Wildman–Crippen MR) is 167 cm³/mol. The summed E-state index contributed by atoms with van der Waals surface area (Å²) in [5.41, 5.74) is 4.19. The molecule has 1 N–H and O–H groups in total. The maximum absolute atomic E-state index is 9.58. The monoisotopic (exact) mass is 551 g/mol. The molecule has 0 saturated heterocycles. The van der Waals surface area contributed by atoms with E-state index in [-0.39, 0.29) is 5.25 Å². The first-order chi connectivity index (χ1) is 19.6. The molecule has 1 unspecified atom stereocenters. The van der Waals surface area contributed by atoms with Crippen LogP contribution in [0.3, 0.4) is 0 Å². The van der Waals surface area contributed by atoms with Crippen molar-refractivity contribution in [2.75, 3.05) is 11.4 Å². The van der Waals surface area contributed by atoms with Gasteiger partial charge in [-0.15, -0.1) is 0 Å². The van der Waals surface area contributed by atoms with Gasteiger partial charge >= 0.3 is 5.89 Å². The Bertz CT molecular complexity index is 1750. The zero-order chi connectivity index (χ0) is 27.6. The highest BCUT2D eigenvalue weighted by Crippen LogP contribution is 2.42. The zero-order valence-electron chi connectivity index (χ0n) is 23.3. The van der Waals surface area contributed by atoms with Crippen LogP contribution in [0.1, 0.15) is 45.9 Å². The predicted octanol–water partition coefficient (Wildman–Crippen LogP) is 8.96. The van der Waals surface area contributed by atoms with Crippen LogP contribution in [0.5, 0.6) is 5.75 Å². The van der Waals surface area contributed by atoms with Gasteiger partial charge in [0, 0.05) is 30.4 Å². The van der Waals surface area contributed by atoms with Gasteiger partial charge in [-0.2, -0.15) is 4.57 Å². The summed E-state index contributed by atoms with van der Waals surface area (Å²) in [7, 11) is 0. The summed E-state index contributed by atoms with van der Waals surface area (Å²) in [4.78, 5) is 2.24. The lowest BCUT2D eigenvalue weighted by Gasteiger charge is -2.20. The third kappa shape index (κ3) is 5.09. The number of aryl methyl sites for hydroxylation is 1. The van der Waals surface area contributed by atoms with E-state index in [0.717, 1.165) is 89.7 Å². The molecule has 6 heteroatoms. The van der Waals surface area contributed by atoms with Crippen molar-refractivity contribution in [3.05, 3.63) is 96.2 Å². The summed E-state index contributed by atoms with van der Waals surface area (Å²) in [5, 5.41) is 4.86. The summed E-state index contributed by atoms with van der Waals surface area (Å²) in [6.45, 7) is 8.02. The van der Waals surface area contributed by atoms with Crippen LogP contribution in [0.4, 0.5) is 5.69 Å². The number of hydrogen-bond acceptors (Lipinski definition) is 5. The van der Waals surface area contributed by atoms with Crippen LogP contribution in [0, 0.1) is 0 Å². The van der Waals surface area contributed by atoms with Crippen LogP contribution in [-0.4, -0.2) is 16.3 Å². The molecule has 5 aromatic rings. The average Bonchev–Trinajstić information content (AvgIpc) is 3.48. The molecule has 1 aliphatic rings. The van der Waals surface area contributed by atoms with Gasteiger partial charge in [0.2, 0.25) is 11.5 Å². The molecule has 1 aliphatic heterocycles. The number of rotatable bonds is 9. The summed E-state index contributed by atoms with van der Waals surface area (Å²) in [5.74, 6) is 2.51. The number of fused-ring (bicyclic) bond motifs is 4. The summed E-state index contributed by atoms with van der Waals surface area (Å²) < 4.78 is 24.8.